The second-order valence-electron chi connectivity index (χ2n) is 11.2. The van der Waals surface area contributed by atoms with Crippen LogP contribution in [0.4, 0.5) is 0 Å². The van der Waals surface area contributed by atoms with Gasteiger partial charge in [0.05, 0.1) is 0 Å². The van der Waals surface area contributed by atoms with Gasteiger partial charge in [-0.15, -0.1) is 0 Å². The minimum Gasteiger partial charge on any atom is -0.303 e. The van der Waals surface area contributed by atoms with Crippen molar-refractivity contribution in [3.8, 4) is 0 Å². The normalized spacial score (nSPS) is 13.3. The minimum absolute atomic E-state index is 0.00683. The van der Waals surface area contributed by atoms with Crippen LogP contribution in [0, 0.1) is 5.41 Å². The van der Waals surface area contributed by atoms with E-state index in [-0.39, 0.29) is 5.41 Å². The maximum atomic E-state index is 12.3. The van der Waals surface area contributed by atoms with E-state index in [2.05, 4.69) is 20.8 Å². The van der Waals surface area contributed by atoms with Gasteiger partial charge in [-0.1, -0.05) is 175 Å². The van der Waals surface area contributed by atoms with Gasteiger partial charge in [-0.05, 0) is 19.3 Å². The zero-order valence-electron chi connectivity index (χ0n) is 23.6. The highest BCUT2D eigenvalue weighted by Gasteiger charge is 2.28. The minimum atomic E-state index is -0.00683. The van der Waals surface area contributed by atoms with Gasteiger partial charge in [0.2, 0.25) is 0 Å². The zero-order chi connectivity index (χ0) is 24.3. The average molecular weight is 465 g/mol. The second-order valence-corrected chi connectivity index (χ2v) is 11.2. The van der Waals surface area contributed by atoms with Crippen LogP contribution in [0.5, 0.6) is 0 Å². The molecule has 33 heavy (non-hydrogen) atoms. The van der Waals surface area contributed by atoms with Crippen molar-refractivity contribution in [3.63, 3.8) is 0 Å². The van der Waals surface area contributed by atoms with Gasteiger partial charge in [0.25, 0.3) is 0 Å². The van der Waals surface area contributed by atoms with Crippen molar-refractivity contribution in [2.45, 2.75) is 194 Å². The smallest absolute Gasteiger partial charge is 0.126 e. The van der Waals surface area contributed by atoms with Crippen LogP contribution in [0.2, 0.25) is 0 Å². The zero-order valence-corrected chi connectivity index (χ0v) is 23.6. The lowest BCUT2D eigenvalue weighted by molar-refractivity contribution is -0.117. The molecule has 0 rings (SSSR count). The molecule has 0 saturated carbocycles. The highest BCUT2D eigenvalue weighted by Crippen LogP contribution is 2.35. The number of hydrogen-bond donors (Lipinski definition) is 0. The fraction of sp³-hybridized carbons (Fsp3) is 0.969. The van der Waals surface area contributed by atoms with Gasteiger partial charge >= 0.3 is 0 Å². The topological polar surface area (TPSA) is 17.1 Å². The molecule has 1 atom stereocenters. The summed E-state index contributed by atoms with van der Waals surface area (Å²) in [6.45, 7) is 6.87. The first kappa shape index (κ1) is 32.7. The van der Waals surface area contributed by atoms with Crippen molar-refractivity contribution in [1.82, 2.24) is 0 Å². The Hall–Kier alpha value is -0.330. The summed E-state index contributed by atoms with van der Waals surface area (Å²) < 4.78 is 0. The molecule has 0 aromatic heterocycles. The molecule has 0 heterocycles. The maximum Gasteiger partial charge on any atom is 0.126 e. The predicted molar refractivity (Wildman–Crippen MR) is 150 cm³/mol. The van der Waals surface area contributed by atoms with Crippen molar-refractivity contribution in [2.75, 3.05) is 0 Å². The van der Waals surface area contributed by atoms with E-state index in [0.717, 1.165) is 19.3 Å². The maximum absolute atomic E-state index is 12.3. The molecule has 1 nitrogen and oxygen atoms in total. The fourth-order valence-electron chi connectivity index (χ4n) is 5.38. The summed E-state index contributed by atoms with van der Waals surface area (Å²) in [5, 5.41) is 0. The van der Waals surface area contributed by atoms with Gasteiger partial charge in [0.1, 0.15) is 6.29 Å². The monoisotopic (exact) mass is 464 g/mol. The van der Waals surface area contributed by atoms with Crippen LogP contribution < -0.4 is 0 Å². The molecule has 0 saturated heterocycles. The molecular formula is C32H64O. The molecule has 0 radical (unpaired) electrons. The summed E-state index contributed by atoms with van der Waals surface area (Å²) in [7, 11) is 0. The van der Waals surface area contributed by atoms with Crippen molar-refractivity contribution in [1.29, 1.82) is 0 Å². The lowest BCUT2D eigenvalue weighted by atomic mass is 9.75. The molecule has 1 heteroatoms. The molecule has 0 fully saturated rings. The third-order valence-corrected chi connectivity index (χ3v) is 7.83. The van der Waals surface area contributed by atoms with Gasteiger partial charge in [-0.3, -0.25) is 0 Å². The highest BCUT2D eigenvalue weighted by molar-refractivity contribution is 5.59. The SMILES string of the molecule is CCCCCCCCCCCCC(C=O)(CCCCCCCC)CCCCCCCCCC. The van der Waals surface area contributed by atoms with E-state index in [9.17, 15) is 4.79 Å². The van der Waals surface area contributed by atoms with Crippen molar-refractivity contribution < 1.29 is 4.79 Å². The van der Waals surface area contributed by atoms with Gasteiger partial charge in [-0.2, -0.15) is 0 Å². The van der Waals surface area contributed by atoms with Gasteiger partial charge < -0.3 is 4.79 Å². The van der Waals surface area contributed by atoms with Crippen molar-refractivity contribution >= 4 is 6.29 Å². The lowest BCUT2D eigenvalue weighted by Crippen LogP contribution is -2.23. The summed E-state index contributed by atoms with van der Waals surface area (Å²) in [5.74, 6) is 0. The molecule has 198 valence electrons. The third kappa shape index (κ3) is 21.9. The molecule has 0 spiro atoms. The number of aldehydes is 1. The Kier molecular flexibility index (Phi) is 26.0. The van der Waals surface area contributed by atoms with Crippen LogP contribution in [0.15, 0.2) is 0 Å². The van der Waals surface area contributed by atoms with E-state index in [1.807, 2.05) is 0 Å². The number of carbonyl (C=O) groups excluding carboxylic acids is 1. The largest absolute Gasteiger partial charge is 0.303 e. The molecule has 0 amide bonds. The lowest BCUT2D eigenvalue weighted by Gasteiger charge is -2.28. The quantitative estimate of drug-likeness (QED) is 0.0830. The number of unbranched alkanes of at least 4 members (excludes halogenated alkanes) is 21. The standard InChI is InChI=1S/C32H64O/c1-4-7-10-13-16-18-19-21-24-27-30-32(31-33,28-25-22-15-12-9-6-3)29-26-23-20-17-14-11-8-5-2/h31H,4-30H2,1-3H3. The van der Waals surface area contributed by atoms with Crippen LogP contribution in [-0.4, -0.2) is 6.29 Å². The third-order valence-electron chi connectivity index (χ3n) is 7.83. The van der Waals surface area contributed by atoms with Gasteiger partial charge in [-0.25, -0.2) is 0 Å². The Morgan fingerprint density at radius 2 is 0.576 bits per heavy atom. The Labute approximate surface area is 210 Å². The summed E-state index contributed by atoms with van der Waals surface area (Å²) >= 11 is 0. The number of hydrogen-bond acceptors (Lipinski definition) is 1. The van der Waals surface area contributed by atoms with Gasteiger partial charge in [0, 0.05) is 5.41 Å². The predicted octanol–water partition coefficient (Wildman–Crippen LogP) is 11.8. The van der Waals surface area contributed by atoms with E-state index in [1.54, 1.807) is 0 Å². The summed E-state index contributed by atoms with van der Waals surface area (Å²) in [6.07, 6.45) is 37.6. The molecule has 1 unspecified atom stereocenters. The van der Waals surface area contributed by atoms with Crippen LogP contribution in [0.1, 0.15) is 194 Å². The van der Waals surface area contributed by atoms with Crippen LogP contribution in [-0.2, 0) is 4.79 Å². The van der Waals surface area contributed by atoms with Crippen LogP contribution in [0.3, 0.4) is 0 Å². The van der Waals surface area contributed by atoms with E-state index < -0.39 is 0 Å². The Morgan fingerprint density at radius 1 is 0.364 bits per heavy atom. The molecule has 0 aromatic carbocycles. The highest BCUT2D eigenvalue weighted by atomic mass is 16.1. The first-order chi connectivity index (χ1) is 16.2. The van der Waals surface area contributed by atoms with E-state index in [4.69, 9.17) is 0 Å². The number of carbonyl (C=O) groups is 1. The summed E-state index contributed by atoms with van der Waals surface area (Å²) in [4.78, 5) is 12.3. The molecule has 0 N–H and O–H groups in total. The van der Waals surface area contributed by atoms with E-state index >= 15 is 0 Å². The van der Waals surface area contributed by atoms with E-state index in [1.165, 1.54) is 160 Å². The van der Waals surface area contributed by atoms with E-state index in [0.29, 0.717) is 0 Å². The summed E-state index contributed by atoms with van der Waals surface area (Å²) in [6, 6.07) is 0. The Balaban J connectivity index is 4.19. The molecule has 0 aliphatic rings. The first-order valence-corrected chi connectivity index (χ1v) is 15.7. The van der Waals surface area contributed by atoms with Crippen molar-refractivity contribution in [3.05, 3.63) is 0 Å². The molecule has 0 aliphatic carbocycles. The summed E-state index contributed by atoms with van der Waals surface area (Å²) in [5.41, 5.74) is -0.00683. The Bertz CT molecular complexity index is 377. The molecule has 0 aliphatic heterocycles. The van der Waals surface area contributed by atoms with Crippen molar-refractivity contribution in [2.24, 2.45) is 5.41 Å². The second kappa shape index (κ2) is 26.3. The van der Waals surface area contributed by atoms with Gasteiger partial charge in [0.15, 0.2) is 0 Å². The Morgan fingerprint density at radius 3 is 0.788 bits per heavy atom. The van der Waals surface area contributed by atoms with Crippen LogP contribution in [0.25, 0.3) is 0 Å². The molecular weight excluding hydrogens is 400 g/mol. The number of rotatable bonds is 28. The fourth-order valence-corrected chi connectivity index (χ4v) is 5.38. The molecule has 0 bridgehead atoms. The van der Waals surface area contributed by atoms with Crippen LogP contribution >= 0.6 is 0 Å². The average Bonchev–Trinajstić information content (AvgIpc) is 2.83. The molecule has 0 aromatic rings. The first-order valence-electron chi connectivity index (χ1n) is 15.7.